The smallest absolute Gasteiger partial charge is 0.227 e. The summed E-state index contributed by atoms with van der Waals surface area (Å²) in [4.78, 5) is 26.3. The number of hydrogen-bond acceptors (Lipinski definition) is 2. The number of amides is 2. The van der Waals surface area contributed by atoms with Crippen LogP contribution in [0.15, 0.2) is 48.5 Å². The van der Waals surface area contributed by atoms with Gasteiger partial charge in [0.2, 0.25) is 11.8 Å². The summed E-state index contributed by atoms with van der Waals surface area (Å²) in [7, 11) is 0. The Kier molecular flexibility index (Phi) is 4.86. The highest BCUT2D eigenvalue weighted by Gasteiger charge is 2.34. The number of benzene rings is 2. The molecule has 1 saturated heterocycles. The van der Waals surface area contributed by atoms with Gasteiger partial charge in [0.25, 0.3) is 0 Å². The largest absolute Gasteiger partial charge is 0.352 e. The zero-order chi connectivity index (χ0) is 17.1. The molecule has 0 saturated carbocycles. The van der Waals surface area contributed by atoms with Crippen LogP contribution < -0.4 is 10.2 Å². The molecule has 0 aromatic heterocycles. The fourth-order valence-electron chi connectivity index (χ4n) is 2.89. The van der Waals surface area contributed by atoms with Crippen LogP contribution in [0, 0.1) is 12.8 Å². The Morgan fingerprint density at radius 1 is 1.21 bits per heavy atom. The quantitative estimate of drug-likeness (QED) is 0.926. The third-order valence-electron chi connectivity index (χ3n) is 4.35. The van der Waals surface area contributed by atoms with Gasteiger partial charge in [-0.15, -0.1) is 0 Å². The van der Waals surface area contributed by atoms with Gasteiger partial charge in [-0.3, -0.25) is 9.59 Å². The highest BCUT2D eigenvalue weighted by atomic mass is 35.5. The van der Waals surface area contributed by atoms with Crippen LogP contribution in [0.2, 0.25) is 5.02 Å². The second-order valence-electron chi connectivity index (χ2n) is 6.03. The van der Waals surface area contributed by atoms with Crippen molar-refractivity contribution in [2.75, 3.05) is 11.4 Å². The average Bonchev–Trinajstić information content (AvgIpc) is 2.96. The van der Waals surface area contributed by atoms with E-state index in [9.17, 15) is 9.59 Å². The number of nitrogens with one attached hydrogen (secondary N) is 1. The van der Waals surface area contributed by atoms with E-state index in [1.807, 2.05) is 31.2 Å². The van der Waals surface area contributed by atoms with Crippen LogP contribution in [-0.4, -0.2) is 18.4 Å². The Morgan fingerprint density at radius 2 is 1.92 bits per heavy atom. The second-order valence-corrected chi connectivity index (χ2v) is 6.46. The fraction of sp³-hybridized carbons (Fsp3) is 0.263. The van der Waals surface area contributed by atoms with E-state index in [0.717, 1.165) is 16.8 Å². The molecule has 0 radical (unpaired) electrons. The van der Waals surface area contributed by atoms with Gasteiger partial charge in [-0.05, 0) is 42.3 Å². The number of carbonyl (C=O) groups is 2. The van der Waals surface area contributed by atoms with Gasteiger partial charge in [-0.2, -0.15) is 0 Å². The van der Waals surface area contributed by atoms with E-state index in [4.69, 9.17) is 11.6 Å². The predicted molar refractivity (Wildman–Crippen MR) is 94.9 cm³/mol. The minimum absolute atomic E-state index is 0.0339. The van der Waals surface area contributed by atoms with Crippen LogP contribution in [-0.2, 0) is 16.1 Å². The second kappa shape index (κ2) is 7.05. The summed E-state index contributed by atoms with van der Waals surface area (Å²) in [6, 6.07) is 15.0. The highest BCUT2D eigenvalue weighted by Crippen LogP contribution is 2.26. The lowest BCUT2D eigenvalue weighted by molar-refractivity contribution is -0.126. The fourth-order valence-corrected chi connectivity index (χ4v) is 3.01. The molecule has 1 fully saturated rings. The molecule has 3 rings (SSSR count). The molecule has 0 unspecified atom stereocenters. The molecule has 0 bridgehead atoms. The summed E-state index contributed by atoms with van der Waals surface area (Å²) in [5.74, 6) is -0.436. The first-order valence-electron chi connectivity index (χ1n) is 7.93. The minimum atomic E-state index is -0.322. The number of anilines is 1. The Bertz CT molecular complexity index is 758. The molecule has 1 aliphatic rings. The molecule has 124 valence electrons. The summed E-state index contributed by atoms with van der Waals surface area (Å²) in [5.41, 5.74) is 3.01. The Hall–Kier alpha value is -2.33. The normalized spacial score (nSPS) is 17.2. The maximum atomic E-state index is 12.4. The standard InChI is InChI=1S/C19H19ClN2O2/c1-13-4-2-3-5-14(13)11-21-19(24)15-10-18(23)22(12-15)17-8-6-16(20)7-9-17/h2-9,15H,10-12H2,1H3,(H,21,24)/t15-/m1/s1. The van der Waals surface area contributed by atoms with Crippen LogP contribution in [0.25, 0.3) is 0 Å². The van der Waals surface area contributed by atoms with Crippen LogP contribution in [0.5, 0.6) is 0 Å². The van der Waals surface area contributed by atoms with Crippen molar-refractivity contribution in [2.24, 2.45) is 5.92 Å². The van der Waals surface area contributed by atoms with Crippen LogP contribution in [0.1, 0.15) is 17.5 Å². The van der Waals surface area contributed by atoms with Gasteiger partial charge in [0.15, 0.2) is 0 Å². The molecule has 1 heterocycles. The molecular weight excluding hydrogens is 324 g/mol. The van der Waals surface area contributed by atoms with Crippen molar-refractivity contribution in [3.05, 3.63) is 64.7 Å². The third-order valence-corrected chi connectivity index (χ3v) is 4.60. The summed E-state index contributed by atoms with van der Waals surface area (Å²) in [6.45, 7) is 2.90. The summed E-state index contributed by atoms with van der Waals surface area (Å²) < 4.78 is 0. The number of rotatable bonds is 4. The van der Waals surface area contributed by atoms with E-state index in [-0.39, 0.29) is 24.2 Å². The molecule has 2 amide bonds. The Morgan fingerprint density at radius 3 is 2.62 bits per heavy atom. The molecule has 24 heavy (non-hydrogen) atoms. The summed E-state index contributed by atoms with van der Waals surface area (Å²) in [5, 5.41) is 3.57. The first kappa shape index (κ1) is 16.5. The predicted octanol–water partition coefficient (Wildman–Crippen LogP) is 3.32. The maximum Gasteiger partial charge on any atom is 0.227 e. The van der Waals surface area contributed by atoms with Crippen molar-refractivity contribution in [1.82, 2.24) is 5.32 Å². The van der Waals surface area contributed by atoms with Gasteiger partial charge in [0, 0.05) is 30.2 Å². The molecule has 5 heteroatoms. The molecule has 2 aromatic carbocycles. The van der Waals surface area contributed by atoms with Crippen molar-refractivity contribution in [2.45, 2.75) is 19.9 Å². The highest BCUT2D eigenvalue weighted by molar-refractivity contribution is 6.30. The zero-order valence-electron chi connectivity index (χ0n) is 13.5. The van der Waals surface area contributed by atoms with Gasteiger partial charge in [-0.1, -0.05) is 35.9 Å². The van der Waals surface area contributed by atoms with E-state index in [2.05, 4.69) is 5.32 Å². The van der Waals surface area contributed by atoms with E-state index < -0.39 is 0 Å². The van der Waals surface area contributed by atoms with Crippen molar-refractivity contribution in [1.29, 1.82) is 0 Å². The lowest BCUT2D eigenvalue weighted by Gasteiger charge is -2.17. The number of carbonyl (C=O) groups excluding carboxylic acids is 2. The van der Waals surface area contributed by atoms with Crippen LogP contribution in [0.4, 0.5) is 5.69 Å². The van der Waals surface area contributed by atoms with Gasteiger partial charge in [0.1, 0.15) is 0 Å². The van der Waals surface area contributed by atoms with Crippen molar-refractivity contribution in [3.8, 4) is 0 Å². The van der Waals surface area contributed by atoms with Gasteiger partial charge in [-0.25, -0.2) is 0 Å². The Labute approximate surface area is 146 Å². The number of aryl methyl sites for hydroxylation is 1. The number of halogens is 1. The summed E-state index contributed by atoms with van der Waals surface area (Å²) in [6.07, 6.45) is 0.238. The molecule has 1 atom stereocenters. The van der Waals surface area contributed by atoms with Crippen molar-refractivity contribution >= 4 is 29.1 Å². The Balaban J connectivity index is 1.62. The van der Waals surface area contributed by atoms with Gasteiger partial charge in [0.05, 0.1) is 5.92 Å². The molecule has 0 aliphatic carbocycles. The van der Waals surface area contributed by atoms with Crippen molar-refractivity contribution in [3.63, 3.8) is 0 Å². The third kappa shape index (κ3) is 3.60. The molecule has 4 nitrogen and oxygen atoms in total. The van der Waals surface area contributed by atoms with Gasteiger partial charge >= 0.3 is 0 Å². The van der Waals surface area contributed by atoms with Crippen LogP contribution >= 0.6 is 11.6 Å². The lowest BCUT2D eigenvalue weighted by Crippen LogP contribution is -2.32. The lowest BCUT2D eigenvalue weighted by atomic mass is 10.1. The monoisotopic (exact) mass is 342 g/mol. The first-order chi connectivity index (χ1) is 11.5. The number of hydrogen-bond donors (Lipinski definition) is 1. The molecule has 0 spiro atoms. The SMILES string of the molecule is Cc1ccccc1CNC(=O)[C@@H]1CC(=O)N(c2ccc(Cl)cc2)C1. The molecular formula is C19H19ClN2O2. The topological polar surface area (TPSA) is 49.4 Å². The zero-order valence-corrected chi connectivity index (χ0v) is 14.2. The number of nitrogens with zero attached hydrogens (tertiary/aromatic N) is 1. The van der Waals surface area contributed by atoms with E-state index in [0.29, 0.717) is 18.1 Å². The summed E-state index contributed by atoms with van der Waals surface area (Å²) >= 11 is 5.88. The van der Waals surface area contributed by atoms with E-state index in [1.165, 1.54) is 0 Å². The van der Waals surface area contributed by atoms with E-state index >= 15 is 0 Å². The maximum absolute atomic E-state index is 12.4. The molecule has 1 N–H and O–H groups in total. The molecule has 2 aromatic rings. The van der Waals surface area contributed by atoms with E-state index in [1.54, 1.807) is 29.2 Å². The minimum Gasteiger partial charge on any atom is -0.352 e. The average molecular weight is 343 g/mol. The first-order valence-corrected chi connectivity index (χ1v) is 8.30. The van der Waals surface area contributed by atoms with Crippen LogP contribution in [0.3, 0.4) is 0 Å². The molecule has 1 aliphatic heterocycles. The van der Waals surface area contributed by atoms with Crippen molar-refractivity contribution < 1.29 is 9.59 Å². The van der Waals surface area contributed by atoms with Gasteiger partial charge < -0.3 is 10.2 Å².